The number of carbonyl (C=O) groups is 4. The molecule has 0 spiro atoms. The Morgan fingerprint density at radius 3 is 2.45 bits per heavy atom. The minimum absolute atomic E-state index is 0.0392. The minimum atomic E-state index is -0.526. The third kappa shape index (κ3) is 5.22. The number of hydrogen-bond acceptors (Lipinski definition) is 5. The highest BCUT2D eigenvalue weighted by atomic mass is 16.5. The van der Waals surface area contributed by atoms with Crippen molar-refractivity contribution in [3.63, 3.8) is 0 Å². The van der Waals surface area contributed by atoms with Crippen molar-refractivity contribution in [3.05, 3.63) is 29.3 Å². The van der Waals surface area contributed by atoms with Crippen LogP contribution in [-0.4, -0.2) is 36.7 Å². The lowest BCUT2D eigenvalue weighted by Gasteiger charge is -2.36. The van der Waals surface area contributed by atoms with Gasteiger partial charge in [0.25, 0.3) is 5.91 Å². The third-order valence-corrected chi connectivity index (χ3v) is 6.05. The van der Waals surface area contributed by atoms with Crippen molar-refractivity contribution < 1.29 is 23.9 Å². The van der Waals surface area contributed by atoms with Crippen LogP contribution < -0.4 is 10.6 Å². The van der Waals surface area contributed by atoms with Crippen LogP contribution >= 0.6 is 0 Å². The molecule has 3 atom stereocenters. The molecule has 2 N–H and O–H groups in total. The van der Waals surface area contributed by atoms with Gasteiger partial charge in [0.05, 0.1) is 12.5 Å². The zero-order chi connectivity index (χ0) is 21.0. The van der Waals surface area contributed by atoms with E-state index >= 15 is 0 Å². The van der Waals surface area contributed by atoms with Gasteiger partial charge in [-0.2, -0.15) is 0 Å². The molecule has 0 saturated heterocycles. The topological polar surface area (TPSA) is 102 Å². The number of fused-ring (bicyclic) bond motifs is 2. The molecule has 0 aliphatic heterocycles. The Morgan fingerprint density at radius 2 is 1.76 bits per heavy atom. The summed E-state index contributed by atoms with van der Waals surface area (Å²) in [4.78, 5) is 48.4. The maximum absolute atomic E-state index is 12.3. The lowest BCUT2D eigenvalue weighted by atomic mass is 9.67. The number of Topliss-reactive ketones (excluding diaryl/α,β-unsaturated/α-hetero) is 1. The van der Waals surface area contributed by atoms with Gasteiger partial charge < -0.3 is 15.4 Å². The number of rotatable bonds is 6. The van der Waals surface area contributed by atoms with Crippen LogP contribution in [0.2, 0.25) is 0 Å². The quantitative estimate of drug-likeness (QED) is 0.714. The Balaban J connectivity index is 1.39. The predicted octanol–water partition coefficient (Wildman–Crippen LogP) is 2.30. The molecule has 0 heterocycles. The number of anilines is 1. The molecule has 2 aliphatic carbocycles. The van der Waals surface area contributed by atoms with Crippen LogP contribution in [0.3, 0.4) is 0 Å². The van der Waals surface area contributed by atoms with Crippen LogP contribution in [-0.2, 0) is 23.9 Å². The Morgan fingerprint density at radius 1 is 1.07 bits per heavy atom. The lowest BCUT2D eigenvalue weighted by molar-refractivity contribution is -0.156. The van der Waals surface area contributed by atoms with E-state index in [2.05, 4.69) is 10.6 Å². The summed E-state index contributed by atoms with van der Waals surface area (Å²) in [7, 11) is 0. The Labute approximate surface area is 170 Å². The number of benzene rings is 1. The van der Waals surface area contributed by atoms with Crippen molar-refractivity contribution >= 4 is 29.3 Å². The number of ketones is 1. The highest BCUT2D eigenvalue weighted by Gasteiger charge is 2.41. The minimum Gasteiger partial charge on any atom is -0.455 e. The zero-order valence-electron chi connectivity index (χ0n) is 17.0. The summed E-state index contributed by atoms with van der Waals surface area (Å²) in [5, 5.41) is 5.22. The highest BCUT2D eigenvalue weighted by Crippen LogP contribution is 2.40. The maximum atomic E-state index is 12.3. The maximum Gasteiger partial charge on any atom is 0.309 e. The monoisotopic (exact) mass is 400 g/mol. The van der Waals surface area contributed by atoms with Crippen LogP contribution in [0, 0.1) is 31.6 Å². The van der Waals surface area contributed by atoms with Crippen LogP contribution in [0.1, 0.15) is 43.2 Å². The molecule has 3 rings (SSSR count). The van der Waals surface area contributed by atoms with Gasteiger partial charge in [0.2, 0.25) is 5.91 Å². The number of carbonyl (C=O) groups excluding carboxylic acids is 4. The molecule has 29 heavy (non-hydrogen) atoms. The van der Waals surface area contributed by atoms with Gasteiger partial charge in [-0.1, -0.05) is 18.6 Å². The van der Waals surface area contributed by atoms with Gasteiger partial charge in [0.15, 0.2) is 6.61 Å². The molecule has 2 saturated carbocycles. The first-order chi connectivity index (χ1) is 13.8. The second-order valence-electron chi connectivity index (χ2n) is 8.08. The molecule has 0 aromatic heterocycles. The van der Waals surface area contributed by atoms with E-state index in [1.54, 1.807) is 6.07 Å². The SMILES string of the molecule is Cc1cccc(NC(=O)CNC(=O)COC(=O)C2C[C@H]3CCC[C@@H](C2)C3=O)c1C. The van der Waals surface area contributed by atoms with Crippen molar-refractivity contribution in [2.24, 2.45) is 17.8 Å². The number of esters is 1. The van der Waals surface area contributed by atoms with Gasteiger partial charge in [-0.15, -0.1) is 0 Å². The molecule has 2 bridgehead atoms. The lowest BCUT2D eigenvalue weighted by Crippen LogP contribution is -2.40. The van der Waals surface area contributed by atoms with E-state index in [9.17, 15) is 19.2 Å². The summed E-state index contributed by atoms with van der Waals surface area (Å²) in [5.41, 5.74) is 2.73. The zero-order valence-corrected chi connectivity index (χ0v) is 17.0. The number of aryl methyl sites for hydroxylation is 1. The normalized spacial score (nSPS) is 23.2. The Kier molecular flexibility index (Phi) is 6.67. The van der Waals surface area contributed by atoms with Crippen LogP contribution in [0.25, 0.3) is 0 Å². The first kappa shape index (κ1) is 21.0. The molecular weight excluding hydrogens is 372 g/mol. The number of amides is 2. The second kappa shape index (κ2) is 9.20. The number of hydrogen-bond donors (Lipinski definition) is 2. The van der Waals surface area contributed by atoms with Gasteiger partial charge in [0, 0.05) is 17.5 Å². The van der Waals surface area contributed by atoms with Gasteiger partial charge in [0.1, 0.15) is 5.78 Å². The summed E-state index contributed by atoms with van der Waals surface area (Å²) in [6.07, 6.45) is 3.77. The fourth-order valence-electron chi connectivity index (χ4n) is 4.24. The average molecular weight is 400 g/mol. The predicted molar refractivity (Wildman–Crippen MR) is 107 cm³/mol. The van der Waals surface area contributed by atoms with Gasteiger partial charge in [-0.25, -0.2) is 0 Å². The Hall–Kier alpha value is -2.70. The van der Waals surface area contributed by atoms with E-state index in [0.29, 0.717) is 18.5 Å². The van der Waals surface area contributed by atoms with E-state index in [4.69, 9.17) is 4.74 Å². The largest absolute Gasteiger partial charge is 0.455 e. The molecule has 156 valence electrons. The molecule has 1 unspecified atom stereocenters. The summed E-state index contributed by atoms with van der Waals surface area (Å²) in [5.74, 6) is -1.41. The van der Waals surface area contributed by atoms with Crippen molar-refractivity contribution in [2.45, 2.75) is 46.0 Å². The van der Waals surface area contributed by atoms with Crippen molar-refractivity contribution in [1.82, 2.24) is 5.32 Å². The van der Waals surface area contributed by atoms with E-state index in [0.717, 1.165) is 30.4 Å². The molecule has 0 radical (unpaired) electrons. The first-order valence-electron chi connectivity index (χ1n) is 10.2. The molecule has 2 aliphatic rings. The fourth-order valence-corrected chi connectivity index (χ4v) is 4.24. The van der Waals surface area contributed by atoms with E-state index in [1.165, 1.54) is 0 Å². The summed E-state index contributed by atoms with van der Waals surface area (Å²) in [6.45, 7) is 3.24. The highest BCUT2D eigenvalue weighted by molar-refractivity contribution is 5.95. The molecule has 1 aromatic carbocycles. The third-order valence-electron chi connectivity index (χ3n) is 6.05. The second-order valence-corrected chi connectivity index (χ2v) is 8.08. The van der Waals surface area contributed by atoms with Crippen molar-refractivity contribution in [3.8, 4) is 0 Å². The molecule has 7 heteroatoms. The first-order valence-corrected chi connectivity index (χ1v) is 10.2. The van der Waals surface area contributed by atoms with Crippen LogP contribution in [0.4, 0.5) is 5.69 Å². The summed E-state index contributed by atoms with van der Waals surface area (Å²) >= 11 is 0. The van der Waals surface area contributed by atoms with Crippen molar-refractivity contribution in [2.75, 3.05) is 18.5 Å². The van der Waals surface area contributed by atoms with E-state index in [-0.39, 0.29) is 36.0 Å². The Bertz CT molecular complexity index is 803. The standard InChI is InChI=1S/C22H28N2O5/c1-13-5-3-8-18(14(13)2)24-19(25)11-23-20(26)12-29-22(28)17-9-15-6-4-7-16(10-17)21(15)27/h3,5,8,15-17H,4,6-7,9-12H2,1-2H3,(H,23,26)(H,24,25)/t15-,16+,17?. The van der Waals surface area contributed by atoms with Crippen LogP contribution in [0.5, 0.6) is 0 Å². The van der Waals surface area contributed by atoms with E-state index in [1.807, 2.05) is 26.0 Å². The number of nitrogens with one attached hydrogen (secondary N) is 2. The van der Waals surface area contributed by atoms with Gasteiger partial charge >= 0.3 is 5.97 Å². The smallest absolute Gasteiger partial charge is 0.309 e. The molecule has 2 amide bonds. The van der Waals surface area contributed by atoms with Crippen LogP contribution in [0.15, 0.2) is 18.2 Å². The van der Waals surface area contributed by atoms with E-state index < -0.39 is 18.5 Å². The molecular formula is C22H28N2O5. The summed E-state index contributed by atoms with van der Waals surface area (Å²) < 4.78 is 5.14. The molecule has 7 nitrogen and oxygen atoms in total. The fraction of sp³-hybridized carbons (Fsp3) is 0.545. The summed E-state index contributed by atoms with van der Waals surface area (Å²) in [6, 6.07) is 5.60. The average Bonchev–Trinajstić information content (AvgIpc) is 2.68. The molecule has 2 fully saturated rings. The van der Waals surface area contributed by atoms with Gasteiger partial charge in [-0.05, 0) is 56.7 Å². The van der Waals surface area contributed by atoms with Gasteiger partial charge in [-0.3, -0.25) is 19.2 Å². The number of ether oxygens (including phenoxy) is 1. The molecule has 1 aromatic rings. The van der Waals surface area contributed by atoms with Crippen molar-refractivity contribution in [1.29, 1.82) is 0 Å².